The molecule has 0 radical (unpaired) electrons. The molecule has 0 saturated carbocycles. The first-order valence-corrected chi connectivity index (χ1v) is 3.29. The number of nitrogens with two attached hydrogens (primary N) is 2. The monoisotopic (exact) mass is 164 g/mol. The molecule has 1 rings (SSSR count). The van der Waals surface area contributed by atoms with E-state index in [1.165, 1.54) is 12.1 Å². The Morgan fingerprint density at radius 2 is 1.25 bits per heavy atom. The van der Waals surface area contributed by atoms with E-state index in [4.69, 9.17) is 11.5 Å². The van der Waals surface area contributed by atoms with Crippen LogP contribution in [0.25, 0.3) is 0 Å². The minimum absolute atomic E-state index is 0.157. The van der Waals surface area contributed by atoms with E-state index in [1.54, 1.807) is 0 Å². The number of aldehydes is 2. The third-order valence-corrected chi connectivity index (χ3v) is 1.59. The Labute approximate surface area is 69.2 Å². The highest BCUT2D eigenvalue weighted by atomic mass is 16.1. The molecule has 0 atom stereocenters. The average molecular weight is 164 g/mol. The van der Waals surface area contributed by atoms with Crippen LogP contribution >= 0.6 is 0 Å². The molecule has 0 bridgehead atoms. The van der Waals surface area contributed by atoms with E-state index in [0.29, 0.717) is 12.6 Å². The highest BCUT2D eigenvalue weighted by Gasteiger charge is 2.07. The number of hydrogen-bond acceptors (Lipinski definition) is 4. The van der Waals surface area contributed by atoms with Crippen LogP contribution in [-0.2, 0) is 0 Å². The van der Waals surface area contributed by atoms with Gasteiger partial charge in [-0.2, -0.15) is 0 Å². The molecule has 0 amide bonds. The molecule has 0 unspecified atom stereocenters. The summed E-state index contributed by atoms with van der Waals surface area (Å²) in [7, 11) is 0. The van der Waals surface area contributed by atoms with Crippen molar-refractivity contribution < 1.29 is 9.59 Å². The Balaban J connectivity index is 3.48. The van der Waals surface area contributed by atoms with Gasteiger partial charge in [0.25, 0.3) is 0 Å². The lowest BCUT2D eigenvalue weighted by Gasteiger charge is -2.03. The number of carbonyl (C=O) groups excluding carboxylic acids is 2. The lowest BCUT2D eigenvalue weighted by molar-refractivity contribution is 0.109. The second kappa shape index (κ2) is 3.04. The highest BCUT2D eigenvalue weighted by Crippen LogP contribution is 2.19. The summed E-state index contributed by atoms with van der Waals surface area (Å²) in [6.07, 6.45) is 1.05. The van der Waals surface area contributed by atoms with Crippen LogP contribution in [0.4, 0.5) is 11.4 Å². The zero-order valence-corrected chi connectivity index (χ0v) is 6.28. The fourth-order valence-corrected chi connectivity index (χ4v) is 0.933. The summed E-state index contributed by atoms with van der Waals surface area (Å²) in [5.74, 6) is 0. The van der Waals surface area contributed by atoms with Crippen molar-refractivity contribution in [3.8, 4) is 0 Å². The maximum absolute atomic E-state index is 10.5. The summed E-state index contributed by atoms with van der Waals surface area (Å²) in [6, 6.07) is 2.98. The number of nitrogen functional groups attached to an aromatic ring is 2. The molecule has 0 aliphatic rings. The molecule has 62 valence electrons. The maximum Gasteiger partial charge on any atom is 0.152 e. The summed E-state index contributed by atoms with van der Waals surface area (Å²) in [6.45, 7) is 0. The van der Waals surface area contributed by atoms with Gasteiger partial charge in [-0.3, -0.25) is 9.59 Å². The van der Waals surface area contributed by atoms with Crippen LogP contribution in [0.2, 0.25) is 0 Å². The molecule has 4 N–H and O–H groups in total. The van der Waals surface area contributed by atoms with Gasteiger partial charge in [0.1, 0.15) is 0 Å². The molecule has 1 aromatic carbocycles. The largest absolute Gasteiger partial charge is 0.398 e. The Hall–Kier alpha value is -1.84. The molecule has 4 heteroatoms. The summed E-state index contributed by atoms with van der Waals surface area (Å²) >= 11 is 0. The van der Waals surface area contributed by atoms with E-state index in [2.05, 4.69) is 0 Å². The van der Waals surface area contributed by atoms with E-state index in [0.717, 1.165) is 0 Å². The SMILES string of the molecule is Nc1ccc(N)c(C=O)c1C=O. The topological polar surface area (TPSA) is 86.2 Å². The van der Waals surface area contributed by atoms with Crippen molar-refractivity contribution in [2.45, 2.75) is 0 Å². The van der Waals surface area contributed by atoms with Gasteiger partial charge in [-0.05, 0) is 12.1 Å². The lowest BCUT2D eigenvalue weighted by Crippen LogP contribution is -2.02. The van der Waals surface area contributed by atoms with Gasteiger partial charge in [0.15, 0.2) is 12.6 Å². The van der Waals surface area contributed by atoms with Crippen molar-refractivity contribution >= 4 is 23.9 Å². The Morgan fingerprint density at radius 3 is 1.50 bits per heavy atom. The summed E-state index contributed by atoms with van der Waals surface area (Å²) in [4.78, 5) is 20.9. The minimum Gasteiger partial charge on any atom is -0.398 e. The van der Waals surface area contributed by atoms with Crippen molar-refractivity contribution in [1.82, 2.24) is 0 Å². The summed E-state index contributed by atoms with van der Waals surface area (Å²) in [5.41, 5.74) is 11.7. The Morgan fingerprint density at radius 1 is 0.917 bits per heavy atom. The second-order valence-electron chi connectivity index (χ2n) is 2.31. The molecular formula is C8H8N2O2. The van der Waals surface area contributed by atoms with E-state index >= 15 is 0 Å². The maximum atomic E-state index is 10.5. The molecule has 12 heavy (non-hydrogen) atoms. The zero-order valence-electron chi connectivity index (χ0n) is 6.28. The molecule has 4 nitrogen and oxygen atoms in total. The number of rotatable bonds is 2. The number of anilines is 2. The van der Waals surface area contributed by atoms with E-state index in [9.17, 15) is 9.59 Å². The molecule has 0 fully saturated rings. The van der Waals surface area contributed by atoms with Crippen LogP contribution < -0.4 is 11.5 Å². The summed E-state index contributed by atoms with van der Waals surface area (Å²) in [5, 5.41) is 0. The van der Waals surface area contributed by atoms with Gasteiger partial charge < -0.3 is 11.5 Å². The highest BCUT2D eigenvalue weighted by molar-refractivity contribution is 5.99. The van der Waals surface area contributed by atoms with Gasteiger partial charge in [-0.25, -0.2) is 0 Å². The van der Waals surface area contributed by atoms with Crippen LogP contribution in [0.15, 0.2) is 12.1 Å². The Kier molecular flexibility index (Phi) is 2.09. The molecule has 1 aromatic rings. The van der Waals surface area contributed by atoms with Gasteiger partial charge in [0, 0.05) is 22.5 Å². The van der Waals surface area contributed by atoms with Gasteiger partial charge in [-0.15, -0.1) is 0 Å². The number of hydrogen-bond donors (Lipinski definition) is 2. The predicted octanol–water partition coefficient (Wildman–Crippen LogP) is 0.476. The fourth-order valence-electron chi connectivity index (χ4n) is 0.933. The quantitative estimate of drug-likeness (QED) is 0.491. The first-order chi connectivity index (χ1) is 5.70. The van der Waals surface area contributed by atoms with Crippen molar-refractivity contribution in [3.63, 3.8) is 0 Å². The number of benzene rings is 1. The third kappa shape index (κ3) is 1.14. The van der Waals surface area contributed by atoms with E-state index in [-0.39, 0.29) is 22.5 Å². The predicted molar refractivity (Wildman–Crippen MR) is 46.0 cm³/mol. The molecule has 0 spiro atoms. The van der Waals surface area contributed by atoms with Crippen molar-refractivity contribution in [2.24, 2.45) is 0 Å². The van der Waals surface area contributed by atoms with Crippen LogP contribution in [0.1, 0.15) is 20.7 Å². The molecule has 0 saturated heterocycles. The van der Waals surface area contributed by atoms with Crippen molar-refractivity contribution in [3.05, 3.63) is 23.3 Å². The third-order valence-electron chi connectivity index (χ3n) is 1.59. The second-order valence-corrected chi connectivity index (χ2v) is 2.31. The van der Waals surface area contributed by atoms with E-state index < -0.39 is 0 Å². The van der Waals surface area contributed by atoms with Crippen LogP contribution in [0.3, 0.4) is 0 Å². The van der Waals surface area contributed by atoms with Crippen LogP contribution in [0, 0.1) is 0 Å². The normalized spacial score (nSPS) is 9.33. The van der Waals surface area contributed by atoms with Crippen LogP contribution in [-0.4, -0.2) is 12.6 Å². The standard InChI is InChI=1S/C8H8N2O2/c9-7-1-2-8(10)6(4-12)5(7)3-11/h1-4H,9-10H2. The van der Waals surface area contributed by atoms with Crippen LogP contribution in [0.5, 0.6) is 0 Å². The smallest absolute Gasteiger partial charge is 0.152 e. The molecule has 0 heterocycles. The molecule has 0 aliphatic heterocycles. The average Bonchev–Trinajstić information content (AvgIpc) is 2.08. The number of carbonyl (C=O) groups is 2. The van der Waals surface area contributed by atoms with Gasteiger partial charge in [0.2, 0.25) is 0 Å². The van der Waals surface area contributed by atoms with Crippen molar-refractivity contribution in [1.29, 1.82) is 0 Å². The molecule has 0 aromatic heterocycles. The summed E-state index contributed by atoms with van der Waals surface area (Å²) < 4.78 is 0. The first kappa shape index (κ1) is 8.26. The van der Waals surface area contributed by atoms with Gasteiger partial charge in [-0.1, -0.05) is 0 Å². The minimum atomic E-state index is 0.157. The van der Waals surface area contributed by atoms with Crippen molar-refractivity contribution in [2.75, 3.05) is 11.5 Å². The molecular weight excluding hydrogens is 156 g/mol. The Bertz CT molecular complexity index is 301. The fraction of sp³-hybridized carbons (Fsp3) is 0. The lowest BCUT2D eigenvalue weighted by atomic mass is 10.1. The first-order valence-electron chi connectivity index (χ1n) is 3.29. The molecule has 0 aliphatic carbocycles. The van der Waals surface area contributed by atoms with E-state index in [1.807, 2.05) is 0 Å². The van der Waals surface area contributed by atoms with Gasteiger partial charge >= 0.3 is 0 Å². The van der Waals surface area contributed by atoms with Gasteiger partial charge in [0.05, 0.1) is 0 Å². The zero-order chi connectivity index (χ0) is 9.14.